The Morgan fingerprint density at radius 2 is 1.18 bits per heavy atom. The largest absolute Gasteiger partial charge is 0.495 e. The first kappa shape index (κ1) is 16.7. The minimum atomic E-state index is -0.135. The van der Waals surface area contributed by atoms with Crippen LogP contribution in [0.15, 0.2) is 24.3 Å². The summed E-state index contributed by atoms with van der Waals surface area (Å²) in [6, 6.07) is 6.78. The molecule has 0 saturated carbocycles. The van der Waals surface area contributed by atoms with Crippen molar-refractivity contribution in [3.8, 4) is 11.5 Å². The second-order valence-electron chi connectivity index (χ2n) is 4.84. The summed E-state index contributed by atoms with van der Waals surface area (Å²) in [5, 5.41) is 0.872. The highest BCUT2D eigenvalue weighted by Gasteiger charge is 2.20. The maximum Gasteiger partial charge on any atom is 0.193 e. The molecule has 0 amide bonds. The third kappa shape index (κ3) is 2.79. The summed E-state index contributed by atoms with van der Waals surface area (Å²) >= 11 is 12.5. The van der Waals surface area contributed by atoms with Crippen LogP contribution in [0.2, 0.25) is 10.0 Å². The second-order valence-corrected chi connectivity index (χ2v) is 5.59. The van der Waals surface area contributed by atoms with E-state index in [1.54, 1.807) is 38.1 Å². The number of ketones is 1. The molecule has 0 heterocycles. The average molecular weight is 339 g/mol. The van der Waals surface area contributed by atoms with E-state index in [4.69, 9.17) is 32.7 Å². The summed E-state index contributed by atoms with van der Waals surface area (Å²) in [5.74, 6) is 0.949. The summed E-state index contributed by atoms with van der Waals surface area (Å²) in [7, 11) is 3.07. The Balaban J connectivity index is 2.54. The fraction of sp³-hybridized carbons (Fsp3) is 0.235. The van der Waals surface area contributed by atoms with Crippen molar-refractivity contribution in [2.24, 2.45) is 0 Å². The molecule has 0 aliphatic rings. The maximum absolute atomic E-state index is 12.8. The average Bonchev–Trinajstić information content (AvgIpc) is 2.52. The van der Waals surface area contributed by atoms with E-state index in [-0.39, 0.29) is 5.78 Å². The minimum Gasteiger partial charge on any atom is -0.495 e. The number of carbonyl (C=O) groups excluding carboxylic acids is 1. The predicted octanol–water partition coefficient (Wildman–Crippen LogP) is 4.86. The van der Waals surface area contributed by atoms with Crippen molar-refractivity contribution in [1.82, 2.24) is 0 Å². The van der Waals surface area contributed by atoms with Gasteiger partial charge in [-0.1, -0.05) is 23.2 Å². The van der Waals surface area contributed by atoms with Crippen LogP contribution >= 0.6 is 23.2 Å². The Hall–Kier alpha value is -1.71. The predicted molar refractivity (Wildman–Crippen MR) is 88.9 cm³/mol. The standard InChI is InChI=1S/C17H16Cl2O3/c1-9-11(5-7-13(21-3)15(9)18)17(20)12-6-8-14(22-4)16(19)10(12)2/h5-8H,1-4H3. The van der Waals surface area contributed by atoms with Gasteiger partial charge in [0, 0.05) is 11.1 Å². The van der Waals surface area contributed by atoms with Crippen molar-refractivity contribution in [2.75, 3.05) is 14.2 Å². The SMILES string of the molecule is COc1ccc(C(=O)c2ccc(OC)c(Cl)c2C)c(C)c1Cl. The molecule has 22 heavy (non-hydrogen) atoms. The molecule has 0 aliphatic heterocycles. The van der Waals surface area contributed by atoms with Gasteiger partial charge in [0.25, 0.3) is 0 Å². The van der Waals surface area contributed by atoms with E-state index in [1.165, 1.54) is 14.2 Å². The van der Waals surface area contributed by atoms with Gasteiger partial charge in [-0.2, -0.15) is 0 Å². The lowest BCUT2D eigenvalue weighted by Crippen LogP contribution is -2.07. The fourth-order valence-electron chi connectivity index (χ4n) is 2.27. The van der Waals surface area contributed by atoms with Crippen molar-refractivity contribution in [1.29, 1.82) is 0 Å². The van der Waals surface area contributed by atoms with E-state index in [2.05, 4.69) is 0 Å². The Labute approximate surface area is 139 Å². The fourth-order valence-corrected chi connectivity index (χ4v) is 2.76. The third-order valence-electron chi connectivity index (χ3n) is 3.63. The molecule has 2 aromatic rings. The van der Waals surface area contributed by atoms with E-state index in [0.717, 1.165) is 0 Å². The molecule has 2 rings (SSSR count). The van der Waals surface area contributed by atoms with Crippen LogP contribution < -0.4 is 9.47 Å². The monoisotopic (exact) mass is 338 g/mol. The summed E-state index contributed by atoms with van der Waals surface area (Å²) < 4.78 is 10.3. The number of benzene rings is 2. The van der Waals surface area contributed by atoms with Crippen LogP contribution in [0.25, 0.3) is 0 Å². The molecule has 0 bridgehead atoms. The highest BCUT2D eigenvalue weighted by Crippen LogP contribution is 2.34. The van der Waals surface area contributed by atoms with Gasteiger partial charge < -0.3 is 9.47 Å². The molecule has 0 atom stereocenters. The van der Waals surface area contributed by atoms with Crippen molar-refractivity contribution >= 4 is 29.0 Å². The van der Waals surface area contributed by atoms with Crippen LogP contribution in [0.1, 0.15) is 27.0 Å². The van der Waals surface area contributed by atoms with Crippen LogP contribution in [-0.4, -0.2) is 20.0 Å². The zero-order valence-corrected chi connectivity index (χ0v) is 14.3. The van der Waals surface area contributed by atoms with Crippen molar-refractivity contribution in [3.63, 3.8) is 0 Å². The molecule has 0 aliphatic carbocycles. The molecule has 0 aromatic heterocycles. The Morgan fingerprint density at radius 3 is 1.50 bits per heavy atom. The van der Waals surface area contributed by atoms with Crippen LogP contribution in [0.3, 0.4) is 0 Å². The quantitative estimate of drug-likeness (QED) is 0.747. The topological polar surface area (TPSA) is 35.5 Å². The first-order chi connectivity index (χ1) is 10.4. The number of hydrogen-bond acceptors (Lipinski definition) is 3. The van der Waals surface area contributed by atoms with Gasteiger partial charge in [0.2, 0.25) is 0 Å². The number of halogens is 2. The van der Waals surface area contributed by atoms with E-state index in [1.807, 2.05) is 0 Å². The summed E-state index contributed by atoms with van der Waals surface area (Å²) in [5.41, 5.74) is 2.40. The van der Waals surface area contributed by atoms with Gasteiger partial charge in [0.1, 0.15) is 11.5 Å². The van der Waals surface area contributed by atoms with Crippen LogP contribution in [0.4, 0.5) is 0 Å². The van der Waals surface area contributed by atoms with Gasteiger partial charge in [-0.3, -0.25) is 4.79 Å². The molecule has 3 nitrogen and oxygen atoms in total. The van der Waals surface area contributed by atoms with E-state index in [0.29, 0.717) is 43.8 Å². The van der Waals surface area contributed by atoms with Gasteiger partial charge in [-0.25, -0.2) is 0 Å². The smallest absolute Gasteiger partial charge is 0.193 e. The highest BCUT2D eigenvalue weighted by molar-refractivity contribution is 6.34. The van der Waals surface area contributed by atoms with Gasteiger partial charge in [-0.05, 0) is 49.2 Å². The Bertz CT molecular complexity index is 678. The number of rotatable bonds is 4. The Morgan fingerprint density at radius 1 is 0.818 bits per heavy atom. The molecular formula is C17H16Cl2O3. The number of carbonyl (C=O) groups is 1. The minimum absolute atomic E-state index is 0.135. The summed E-state index contributed by atoms with van der Waals surface area (Å²) in [6.45, 7) is 3.58. The normalized spacial score (nSPS) is 10.5. The van der Waals surface area contributed by atoms with Gasteiger partial charge >= 0.3 is 0 Å². The van der Waals surface area contributed by atoms with E-state index in [9.17, 15) is 4.79 Å². The molecule has 5 heteroatoms. The first-order valence-electron chi connectivity index (χ1n) is 6.63. The van der Waals surface area contributed by atoms with Crippen molar-refractivity contribution in [3.05, 3.63) is 56.6 Å². The van der Waals surface area contributed by atoms with Gasteiger partial charge in [-0.15, -0.1) is 0 Å². The lowest BCUT2D eigenvalue weighted by Gasteiger charge is -2.13. The molecule has 116 valence electrons. The zero-order chi connectivity index (χ0) is 16.4. The van der Waals surface area contributed by atoms with Gasteiger partial charge in [0.15, 0.2) is 5.78 Å². The molecule has 0 spiro atoms. The van der Waals surface area contributed by atoms with Crippen LogP contribution in [-0.2, 0) is 0 Å². The maximum atomic E-state index is 12.8. The van der Waals surface area contributed by atoms with Crippen molar-refractivity contribution in [2.45, 2.75) is 13.8 Å². The zero-order valence-electron chi connectivity index (χ0n) is 12.8. The molecular weight excluding hydrogens is 323 g/mol. The summed E-state index contributed by atoms with van der Waals surface area (Å²) in [4.78, 5) is 12.8. The van der Waals surface area contributed by atoms with Crippen molar-refractivity contribution < 1.29 is 14.3 Å². The molecule has 2 aromatic carbocycles. The lowest BCUT2D eigenvalue weighted by atomic mass is 9.95. The van der Waals surface area contributed by atoms with Crippen LogP contribution in [0, 0.1) is 13.8 Å². The van der Waals surface area contributed by atoms with E-state index < -0.39 is 0 Å². The highest BCUT2D eigenvalue weighted by atomic mass is 35.5. The summed E-state index contributed by atoms with van der Waals surface area (Å²) in [6.07, 6.45) is 0. The first-order valence-corrected chi connectivity index (χ1v) is 7.38. The molecule has 0 saturated heterocycles. The van der Waals surface area contributed by atoms with Crippen LogP contribution in [0.5, 0.6) is 11.5 Å². The van der Waals surface area contributed by atoms with Gasteiger partial charge in [0.05, 0.1) is 24.3 Å². The number of methoxy groups -OCH3 is 2. The number of hydrogen-bond donors (Lipinski definition) is 0. The molecule has 0 fully saturated rings. The Kier molecular flexibility index (Phi) is 4.99. The van der Waals surface area contributed by atoms with E-state index >= 15 is 0 Å². The molecule has 0 unspecified atom stereocenters. The molecule has 0 N–H and O–H groups in total. The lowest BCUT2D eigenvalue weighted by molar-refractivity contribution is 0.103. The second kappa shape index (κ2) is 6.59. The molecule has 0 radical (unpaired) electrons. The third-order valence-corrected chi connectivity index (χ3v) is 4.57. The number of ether oxygens (including phenoxy) is 2.